The van der Waals surface area contributed by atoms with Crippen LogP contribution >= 0.6 is 0 Å². The molecule has 3 nitrogen and oxygen atoms in total. The second-order valence-electron chi connectivity index (χ2n) is 6.06. The van der Waals surface area contributed by atoms with E-state index in [0.717, 1.165) is 17.5 Å². The predicted octanol–water partition coefficient (Wildman–Crippen LogP) is 3.06. The molecule has 0 radical (unpaired) electrons. The monoisotopic (exact) mass is 312 g/mol. The Morgan fingerprint density at radius 2 is 1.96 bits per heavy atom. The molecule has 0 aliphatic heterocycles. The molecule has 2 aromatic rings. The largest absolute Gasteiger partial charge is 0.351 e. The SMILES string of the molecule is CCC(C(=O)N[C@H]1Cc2ccccc2C1N)c1ccc(F)cc1. The Morgan fingerprint density at radius 3 is 2.61 bits per heavy atom. The minimum Gasteiger partial charge on any atom is -0.351 e. The van der Waals surface area contributed by atoms with Crippen molar-refractivity contribution in [2.24, 2.45) is 5.73 Å². The van der Waals surface area contributed by atoms with Crippen LogP contribution in [0.5, 0.6) is 0 Å². The van der Waals surface area contributed by atoms with Crippen LogP contribution < -0.4 is 11.1 Å². The van der Waals surface area contributed by atoms with Crippen molar-refractivity contribution in [3.8, 4) is 0 Å². The lowest BCUT2D eigenvalue weighted by Crippen LogP contribution is -2.42. The van der Waals surface area contributed by atoms with Crippen molar-refractivity contribution in [2.45, 2.75) is 37.8 Å². The number of nitrogens with two attached hydrogens (primary N) is 1. The molecule has 0 heterocycles. The van der Waals surface area contributed by atoms with Gasteiger partial charge in [-0.25, -0.2) is 4.39 Å². The summed E-state index contributed by atoms with van der Waals surface area (Å²) in [7, 11) is 0. The van der Waals surface area contributed by atoms with E-state index in [1.807, 2.05) is 25.1 Å². The van der Waals surface area contributed by atoms with Gasteiger partial charge < -0.3 is 11.1 Å². The Bertz CT molecular complexity index is 699. The zero-order valence-electron chi connectivity index (χ0n) is 13.1. The quantitative estimate of drug-likeness (QED) is 0.911. The van der Waals surface area contributed by atoms with Gasteiger partial charge in [0.05, 0.1) is 18.0 Å². The molecule has 2 aromatic carbocycles. The molecule has 2 unspecified atom stereocenters. The van der Waals surface area contributed by atoms with Crippen LogP contribution in [0, 0.1) is 5.82 Å². The van der Waals surface area contributed by atoms with Crippen molar-refractivity contribution >= 4 is 5.91 Å². The lowest BCUT2D eigenvalue weighted by Gasteiger charge is -2.22. The van der Waals surface area contributed by atoms with Crippen LogP contribution in [0.2, 0.25) is 0 Å². The van der Waals surface area contributed by atoms with E-state index in [2.05, 4.69) is 11.4 Å². The van der Waals surface area contributed by atoms with Gasteiger partial charge in [0.25, 0.3) is 0 Å². The van der Waals surface area contributed by atoms with E-state index < -0.39 is 0 Å². The van der Waals surface area contributed by atoms with Crippen LogP contribution in [0.15, 0.2) is 48.5 Å². The Kier molecular flexibility index (Phi) is 4.44. The Balaban J connectivity index is 1.72. The summed E-state index contributed by atoms with van der Waals surface area (Å²) in [6, 6.07) is 13.9. The van der Waals surface area contributed by atoms with Crippen LogP contribution in [0.4, 0.5) is 4.39 Å². The molecule has 0 saturated carbocycles. The first kappa shape index (κ1) is 15.7. The molecule has 0 saturated heterocycles. The molecule has 23 heavy (non-hydrogen) atoms. The number of hydrogen-bond acceptors (Lipinski definition) is 2. The molecular weight excluding hydrogens is 291 g/mol. The van der Waals surface area contributed by atoms with E-state index in [0.29, 0.717) is 6.42 Å². The third kappa shape index (κ3) is 3.13. The maximum absolute atomic E-state index is 13.1. The second-order valence-corrected chi connectivity index (χ2v) is 6.06. The molecule has 0 fully saturated rings. The number of nitrogens with one attached hydrogen (secondary N) is 1. The summed E-state index contributed by atoms with van der Waals surface area (Å²) in [6.07, 6.45) is 1.41. The molecule has 0 bridgehead atoms. The highest BCUT2D eigenvalue weighted by molar-refractivity contribution is 5.84. The summed E-state index contributed by atoms with van der Waals surface area (Å²) in [5, 5.41) is 3.08. The van der Waals surface area contributed by atoms with Crippen molar-refractivity contribution in [2.75, 3.05) is 0 Å². The molecule has 0 aromatic heterocycles. The van der Waals surface area contributed by atoms with Crippen molar-refractivity contribution < 1.29 is 9.18 Å². The van der Waals surface area contributed by atoms with E-state index in [1.165, 1.54) is 17.7 Å². The third-order valence-electron chi connectivity index (χ3n) is 4.61. The molecule has 3 atom stereocenters. The number of halogens is 1. The Labute approximate surface area is 135 Å². The zero-order chi connectivity index (χ0) is 16.4. The van der Waals surface area contributed by atoms with Crippen molar-refractivity contribution in [1.82, 2.24) is 5.32 Å². The number of carbonyl (C=O) groups is 1. The van der Waals surface area contributed by atoms with Crippen LogP contribution in [0.1, 0.15) is 42.0 Å². The number of benzene rings is 2. The first-order valence-corrected chi connectivity index (χ1v) is 7.99. The maximum Gasteiger partial charge on any atom is 0.227 e. The molecule has 4 heteroatoms. The van der Waals surface area contributed by atoms with Crippen LogP contribution in [0.25, 0.3) is 0 Å². The summed E-state index contributed by atoms with van der Waals surface area (Å²) in [6.45, 7) is 1.96. The van der Waals surface area contributed by atoms with Gasteiger partial charge in [-0.3, -0.25) is 4.79 Å². The number of rotatable bonds is 4. The lowest BCUT2D eigenvalue weighted by atomic mass is 9.95. The molecule has 120 valence electrons. The molecule has 1 aliphatic rings. The molecular formula is C19H21FN2O. The summed E-state index contributed by atoms with van der Waals surface area (Å²) in [5.41, 5.74) is 9.40. The van der Waals surface area contributed by atoms with Gasteiger partial charge in [0.15, 0.2) is 0 Å². The standard InChI is InChI=1S/C19H21FN2O/c1-2-15(12-7-9-14(20)10-8-12)19(23)22-17-11-13-5-3-4-6-16(13)18(17)21/h3-10,15,17-18H,2,11,21H2,1H3,(H,22,23)/t15?,17-,18?/m0/s1. The summed E-state index contributed by atoms with van der Waals surface area (Å²) < 4.78 is 13.1. The van der Waals surface area contributed by atoms with Gasteiger partial charge in [0, 0.05) is 0 Å². The predicted molar refractivity (Wildman–Crippen MR) is 88.4 cm³/mol. The highest BCUT2D eigenvalue weighted by atomic mass is 19.1. The minimum atomic E-state index is -0.294. The fourth-order valence-electron chi connectivity index (χ4n) is 3.32. The average molecular weight is 312 g/mol. The highest BCUT2D eigenvalue weighted by Crippen LogP contribution is 2.30. The summed E-state index contributed by atoms with van der Waals surface area (Å²) in [4.78, 5) is 12.7. The van der Waals surface area contributed by atoms with E-state index in [4.69, 9.17) is 5.73 Å². The van der Waals surface area contributed by atoms with Crippen LogP contribution in [0.3, 0.4) is 0 Å². The first-order valence-electron chi connectivity index (χ1n) is 7.99. The van der Waals surface area contributed by atoms with Gasteiger partial charge in [-0.05, 0) is 41.7 Å². The van der Waals surface area contributed by atoms with E-state index in [1.54, 1.807) is 12.1 Å². The van der Waals surface area contributed by atoms with Gasteiger partial charge in [-0.15, -0.1) is 0 Å². The number of hydrogen-bond donors (Lipinski definition) is 2. The molecule has 3 rings (SSSR count). The smallest absolute Gasteiger partial charge is 0.227 e. The van der Waals surface area contributed by atoms with Gasteiger partial charge in [-0.2, -0.15) is 0 Å². The molecule has 0 spiro atoms. The van der Waals surface area contributed by atoms with Crippen molar-refractivity contribution in [1.29, 1.82) is 0 Å². The third-order valence-corrected chi connectivity index (χ3v) is 4.61. The fraction of sp³-hybridized carbons (Fsp3) is 0.316. The average Bonchev–Trinajstić information content (AvgIpc) is 2.86. The number of amides is 1. The molecule has 3 N–H and O–H groups in total. The van der Waals surface area contributed by atoms with Crippen molar-refractivity contribution in [3.63, 3.8) is 0 Å². The van der Waals surface area contributed by atoms with Gasteiger partial charge in [0.1, 0.15) is 5.82 Å². The molecule has 1 amide bonds. The topological polar surface area (TPSA) is 55.1 Å². The van der Waals surface area contributed by atoms with Crippen LogP contribution in [-0.2, 0) is 11.2 Å². The van der Waals surface area contributed by atoms with Gasteiger partial charge >= 0.3 is 0 Å². The van der Waals surface area contributed by atoms with E-state index in [9.17, 15) is 9.18 Å². The number of carbonyl (C=O) groups excluding carboxylic acids is 1. The first-order chi connectivity index (χ1) is 11.1. The van der Waals surface area contributed by atoms with E-state index in [-0.39, 0.29) is 29.7 Å². The Morgan fingerprint density at radius 1 is 1.26 bits per heavy atom. The number of fused-ring (bicyclic) bond motifs is 1. The van der Waals surface area contributed by atoms with E-state index >= 15 is 0 Å². The fourth-order valence-corrected chi connectivity index (χ4v) is 3.32. The van der Waals surface area contributed by atoms with Gasteiger partial charge in [-0.1, -0.05) is 43.3 Å². The van der Waals surface area contributed by atoms with Crippen molar-refractivity contribution in [3.05, 3.63) is 71.0 Å². The lowest BCUT2D eigenvalue weighted by molar-refractivity contribution is -0.123. The molecule has 1 aliphatic carbocycles. The minimum absolute atomic E-state index is 0.0487. The van der Waals surface area contributed by atoms with Gasteiger partial charge in [0.2, 0.25) is 5.91 Å². The summed E-state index contributed by atoms with van der Waals surface area (Å²) >= 11 is 0. The zero-order valence-corrected chi connectivity index (χ0v) is 13.1. The second kappa shape index (κ2) is 6.50. The summed E-state index contributed by atoms with van der Waals surface area (Å²) in [5.74, 6) is -0.629. The normalized spacial score (nSPS) is 20.8. The highest BCUT2D eigenvalue weighted by Gasteiger charge is 2.32. The van der Waals surface area contributed by atoms with Crippen LogP contribution in [-0.4, -0.2) is 11.9 Å². The maximum atomic E-state index is 13.1. The Hall–Kier alpha value is -2.20.